The molecule has 0 spiro atoms. The molecule has 0 aliphatic rings. The van der Waals surface area contributed by atoms with E-state index in [9.17, 15) is 18.6 Å². The predicted molar refractivity (Wildman–Crippen MR) is 84.1 cm³/mol. The lowest BCUT2D eigenvalue weighted by Crippen LogP contribution is -2.18. The maximum absolute atomic E-state index is 12.1. The molecule has 6 nitrogen and oxygen atoms in total. The zero-order valence-electron chi connectivity index (χ0n) is 10.9. The molecule has 9 heteroatoms. The van der Waals surface area contributed by atoms with Gasteiger partial charge in [-0.25, -0.2) is 4.83 Å². The van der Waals surface area contributed by atoms with Gasteiger partial charge in [0.25, 0.3) is 10.0 Å². The largest absolute Gasteiger partial charge is 0.504 e. The van der Waals surface area contributed by atoms with Gasteiger partial charge in [-0.1, -0.05) is 23.2 Å². The summed E-state index contributed by atoms with van der Waals surface area (Å²) < 4.78 is 24.1. The van der Waals surface area contributed by atoms with Crippen LogP contribution in [0.5, 0.6) is 11.5 Å². The van der Waals surface area contributed by atoms with Gasteiger partial charge in [0.15, 0.2) is 11.5 Å². The minimum absolute atomic E-state index is 0.00868. The number of hydrazone groups is 1. The summed E-state index contributed by atoms with van der Waals surface area (Å²) in [5.74, 6) is -0.631. The molecule has 0 bridgehead atoms. The highest BCUT2D eigenvalue weighted by molar-refractivity contribution is 7.89. The van der Waals surface area contributed by atoms with Crippen molar-refractivity contribution in [1.29, 1.82) is 0 Å². The van der Waals surface area contributed by atoms with E-state index in [-0.39, 0.29) is 26.4 Å². The molecular weight excluding hydrogens is 351 g/mol. The van der Waals surface area contributed by atoms with E-state index >= 15 is 0 Å². The van der Waals surface area contributed by atoms with Gasteiger partial charge >= 0.3 is 0 Å². The standard InChI is InChI=1S/C13H10Cl2N2O4S/c14-9-2-3-10(15)13(6-9)22(20,21)17-16-7-8-1-4-11(18)12(19)5-8/h1-7,17-19H/b16-7+. The number of benzene rings is 2. The van der Waals surface area contributed by atoms with E-state index in [0.29, 0.717) is 5.56 Å². The lowest BCUT2D eigenvalue weighted by atomic mass is 10.2. The third-order valence-corrected chi connectivity index (χ3v) is 4.51. The highest BCUT2D eigenvalue weighted by Gasteiger charge is 2.17. The summed E-state index contributed by atoms with van der Waals surface area (Å²) >= 11 is 11.6. The molecule has 2 aromatic rings. The molecule has 22 heavy (non-hydrogen) atoms. The Kier molecular flexibility index (Phi) is 4.80. The van der Waals surface area contributed by atoms with Crippen LogP contribution < -0.4 is 4.83 Å². The number of sulfonamides is 1. The van der Waals surface area contributed by atoms with Crippen LogP contribution in [0.25, 0.3) is 0 Å². The molecule has 0 atom stereocenters. The summed E-state index contributed by atoms with van der Waals surface area (Å²) in [6.07, 6.45) is 1.16. The van der Waals surface area contributed by atoms with Crippen LogP contribution in [0.3, 0.4) is 0 Å². The van der Waals surface area contributed by atoms with Crippen LogP contribution in [-0.2, 0) is 10.0 Å². The molecule has 2 rings (SSSR count). The molecule has 0 saturated heterocycles. The van der Waals surface area contributed by atoms with Crippen LogP contribution in [0.4, 0.5) is 0 Å². The number of rotatable bonds is 4. The molecule has 0 unspecified atom stereocenters. The maximum Gasteiger partial charge on any atom is 0.278 e. The lowest BCUT2D eigenvalue weighted by Gasteiger charge is -2.06. The van der Waals surface area contributed by atoms with Gasteiger partial charge in [0.2, 0.25) is 0 Å². The molecular formula is C13H10Cl2N2O4S. The number of hydrogen-bond acceptors (Lipinski definition) is 5. The maximum atomic E-state index is 12.1. The van der Waals surface area contributed by atoms with Crippen molar-refractivity contribution in [3.63, 3.8) is 0 Å². The Labute approximate surface area is 136 Å². The molecule has 0 amide bonds. The third kappa shape index (κ3) is 3.82. The van der Waals surface area contributed by atoms with Gasteiger partial charge in [-0.2, -0.15) is 13.5 Å². The van der Waals surface area contributed by atoms with Gasteiger partial charge in [0, 0.05) is 5.02 Å². The second-order valence-electron chi connectivity index (χ2n) is 4.18. The van der Waals surface area contributed by atoms with E-state index in [1.165, 1.54) is 36.4 Å². The summed E-state index contributed by atoms with van der Waals surface area (Å²) in [5.41, 5.74) is 0.384. The lowest BCUT2D eigenvalue weighted by molar-refractivity contribution is 0.403. The highest BCUT2D eigenvalue weighted by Crippen LogP contribution is 2.25. The average molecular weight is 361 g/mol. The highest BCUT2D eigenvalue weighted by atomic mass is 35.5. The van der Waals surface area contributed by atoms with Gasteiger partial charge in [-0.3, -0.25) is 0 Å². The molecule has 0 aliphatic heterocycles. The quantitative estimate of drug-likeness (QED) is 0.443. The summed E-state index contributed by atoms with van der Waals surface area (Å²) in [6.45, 7) is 0. The van der Waals surface area contributed by atoms with Crippen molar-refractivity contribution in [3.8, 4) is 11.5 Å². The second kappa shape index (κ2) is 6.43. The van der Waals surface area contributed by atoms with Gasteiger partial charge in [-0.15, -0.1) is 0 Å². The van der Waals surface area contributed by atoms with Crippen molar-refractivity contribution < 1.29 is 18.6 Å². The first-order valence-corrected chi connectivity index (χ1v) is 8.05. The molecule has 116 valence electrons. The molecule has 0 heterocycles. The van der Waals surface area contributed by atoms with Gasteiger partial charge in [-0.05, 0) is 42.0 Å². The van der Waals surface area contributed by atoms with Crippen LogP contribution in [0.1, 0.15) is 5.56 Å². The normalized spacial score (nSPS) is 11.7. The van der Waals surface area contributed by atoms with E-state index in [2.05, 4.69) is 5.10 Å². The third-order valence-electron chi connectivity index (χ3n) is 2.57. The first-order valence-electron chi connectivity index (χ1n) is 5.81. The fourth-order valence-corrected chi connectivity index (χ4v) is 3.08. The van der Waals surface area contributed by atoms with Crippen molar-refractivity contribution in [1.82, 2.24) is 4.83 Å². The minimum Gasteiger partial charge on any atom is -0.504 e. The van der Waals surface area contributed by atoms with E-state index < -0.39 is 10.0 Å². The van der Waals surface area contributed by atoms with Crippen molar-refractivity contribution in [2.45, 2.75) is 4.90 Å². The van der Waals surface area contributed by atoms with Crippen molar-refractivity contribution in [2.75, 3.05) is 0 Å². The molecule has 0 fully saturated rings. The predicted octanol–water partition coefficient (Wildman–Crippen LogP) is 2.72. The number of aromatic hydroxyl groups is 2. The molecule has 2 aromatic carbocycles. The summed E-state index contributed by atoms with van der Waals surface area (Å²) in [4.78, 5) is 1.78. The number of halogens is 2. The molecule has 0 saturated carbocycles. The van der Waals surface area contributed by atoms with Crippen molar-refractivity contribution in [3.05, 3.63) is 52.0 Å². The summed E-state index contributed by atoms with van der Waals surface area (Å²) in [5, 5.41) is 22.3. The van der Waals surface area contributed by atoms with Crippen LogP contribution in [-0.4, -0.2) is 24.8 Å². The first-order chi connectivity index (χ1) is 10.3. The number of phenolic OH excluding ortho intramolecular Hbond substituents is 2. The molecule has 0 aromatic heterocycles. The van der Waals surface area contributed by atoms with Crippen LogP contribution in [0.15, 0.2) is 46.4 Å². The molecule has 0 aliphatic carbocycles. The number of nitrogens with zero attached hydrogens (tertiary/aromatic N) is 1. The monoisotopic (exact) mass is 360 g/mol. The number of hydrogen-bond donors (Lipinski definition) is 3. The Balaban J connectivity index is 2.20. The first kappa shape index (κ1) is 16.4. The van der Waals surface area contributed by atoms with E-state index in [0.717, 1.165) is 6.21 Å². The van der Waals surface area contributed by atoms with E-state index in [4.69, 9.17) is 23.2 Å². The van der Waals surface area contributed by atoms with E-state index in [1.54, 1.807) is 0 Å². The van der Waals surface area contributed by atoms with E-state index in [1.807, 2.05) is 4.83 Å². The Morgan fingerprint density at radius 1 is 1.05 bits per heavy atom. The average Bonchev–Trinajstić information content (AvgIpc) is 2.45. The van der Waals surface area contributed by atoms with Crippen molar-refractivity contribution in [2.24, 2.45) is 5.10 Å². The van der Waals surface area contributed by atoms with Crippen LogP contribution >= 0.6 is 23.2 Å². The van der Waals surface area contributed by atoms with Gasteiger partial charge in [0.1, 0.15) is 4.90 Å². The molecule has 3 N–H and O–H groups in total. The Hall–Kier alpha value is -1.96. The zero-order valence-corrected chi connectivity index (χ0v) is 13.2. The van der Waals surface area contributed by atoms with Gasteiger partial charge in [0.05, 0.1) is 11.2 Å². The summed E-state index contributed by atoms with van der Waals surface area (Å²) in [6, 6.07) is 7.94. The fourth-order valence-electron chi connectivity index (χ4n) is 1.52. The SMILES string of the molecule is O=S(=O)(N/N=C/c1ccc(O)c(O)c1)c1cc(Cl)ccc1Cl. The zero-order chi connectivity index (χ0) is 16.3. The number of phenols is 2. The second-order valence-corrected chi connectivity index (χ2v) is 6.65. The van der Waals surface area contributed by atoms with Crippen LogP contribution in [0, 0.1) is 0 Å². The topological polar surface area (TPSA) is 99.0 Å². The van der Waals surface area contributed by atoms with Gasteiger partial charge < -0.3 is 10.2 Å². The smallest absolute Gasteiger partial charge is 0.278 e. The Bertz CT molecular complexity index is 838. The van der Waals surface area contributed by atoms with Crippen molar-refractivity contribution >= 4 is 39.4 Å². The number of nitrogens with one attached hydrogen (secondary N) is 1. The van der Waals surface area contributed by atoms with Crippen LogP contribution in [0.2, 0.25) is 10.0 Å². The Morgan fingerprint density at radius 2 is 1.77 bits per heavy atom. The summed E-state index contributed by atoms with van der Waals surface area (Å²) in [7, 11) is -3.98. The Morgan fingerprint density at radius 3 is 2.45 bits per heavy atom. The minimum atomic E-state index is -3.98. The fraction of sp³-hybridized carbons (Fsp3) is 0. The molecule has 0 radical (unpaired) electrons.